The lowest BCUT2D eigenvalue weighted by atomic mass is 10.2. The Morgan fingerprint density at radius 3 is 2.58 bits per heavy atom. The fourth-order valence-electron chi connectivity index (χ4n) is 3.23. The molecule has 2 saturated heterocycles. The van der Waals surface area contributed by atoms with Gasteiger partial charge in [-0.3, -0.25) is 19.8 Å². The summed E-state index contributed by atoms with van der Waals surface area (Å²) in [6.07, 6.45) is 1.61. The summed E-state index contributed by atoms with van der Waals surface area (Å²) in [5.41, 5.74) is 2.17. The van der Waals surface area contributed by atoms with Crippen LogP contribution in [-0.4, -0.2) is 54.2 Å². The number of ether oxygens (including phenoxy) is 1. The highest BCUT2D eigenvalue weighted by Gasteiger charge is 2.30. The zero-order valence-corrected chi connectivity index (χ0v) is 18.2. The summed E-state index contributed by atoms with van der Waals surface area (Å²) >= 11 is 7.09. The van der Waals surface area contributed by atoms with Crippen molar-refractivity contribution in [3.05, 3.63) is 68.1 Å². The van der Waals surface area contributed by atoms with E-state index in [9.17, 15) is 14.9 Å². The van der Waals surface area contributed by atoms with Crippen LogP contribution < -0.4 is 4.90 Å². The summed E-state index contributed by atoms with van der Waals surface area (Å²) in [7, 11) is 1.65. The fraction of sp³-hybridized carbons (Fsp3) is 0.238. The molecule has 1 amide bonds. The van der Waals surface area contributed by atoms with Gasteiger partial charge in [0, 0.05) is 31.9 Å². The Bertz CT molecular complexity index is 1080. The topological polar surface area (TPSA) is 88.3 Å². The number of hydrogen-bond donors (Lipinski definition) is 0. The van der Waals surface area contributed by atoms with Crippen molar-refractivity contribution < 1.29 is 14.5 Å². The van der Waals surface area contributed by atoms with Gasteiger partial charge in [-0.1, -0.05) is 17.7 Å². The lowest BCUT2D eigenvalue weighted by molar-refractivity contribution is -0.384. The van der Waals surface area contributed by atoms with Gasteiger partial charge >= 0.3 is 0 Å². The highest BCUT2D eigenvalue weighted by molar-refractivity contribution is 8.18. The second-order valence-corrected chi connectivity index (χ2v) is 8.37. The zero-order chi connectivity index (χ0) is 22.0. The van der Waals surface area contributed by atoms with Crippen LogP contribution in [0.2, 0.25) is 5.02 Å². The van der Waals surface area contributed by atoms with Gasteiger partial charge in [-0.15, -0.1) is 0 Å². The fourth-order valence-corrected chi connectivity index (χ4v) is 4.41. The second-order valence-electron chi connectivity index (χ2n) is 6.95. The molecule has 4 rings (SSSR count). The van der Waals surface area contributed by atoms with E-state index in [1.54, 1.807) is 19.2 Å². The van der Waals surface area contributed by atoms with E-state index in [0.29, 0.717) is 15.6 Å². The Kier molecular flexibility index (Phi) is 6.26. The molecule has 0 aliphatic carbocycles. The molecule has 2 aromatic rings. The van der Waals surface area contributed by atoms with E-state index in [1.165, 1.54) is 28.8 Å². The van der Waals surface area contributed by atoms with Gasteiger partial charge in [0.15, 0.2) is 5.17 Å². The van der Waals surface area contributed by atoms with Crippen molar-refractivity contribution in [2.75, 3.05) is 38.3 Å². The molecule has 0 spiro atoms. The standard InChI is InChI=1S/C21H19ClN4O4S/c1-24-20(27)19(13-14-2-7-17(22)18(12-14)26(28)29)31-21(24)23-15-3-5-16(6-4-15)25-8-10-30-11-9-25/h2-7,12-13H,8-11H2,1H3/b19-13-,23-21?. The van der Waals surface area contributed by atoms with E-state index in [2.05, 4.69) is 9.89 Å². The van der Waals surface area contributed by atoms with Gasteiger partial charge in [-0.25, -0.2) is 4.99 Å². The lowest BCUT2D eigenvalue weighted by Crippen LogP contribution is -2.36. The maximum absolute atomic E-state index is 12.6. The van der Waals surface area contributed by atoms with Crippen LogP contribution in [0.5, 0.6) is 0 Å². The first-order chi connectivity index (χ1) is 14.9. The summed E-state index contributed by atoms with van der Waals surface area (Å²) in [6, 6.07) is 12.3. The number of amidine groups is 1. The van der Waals surface area contributed by atoms with Crippen LogP contribution in [0.3, 0.4) is 0 Å². The number of anilines is 1. The average Bonchev–Trinajstić information content (AvgIpc) is 3.03. The van der Waals surface area contributed by atoms with Gasteiger partial charge < -0.3 is 9.64 Å². The molecule has 2 aromatic carbocycles. The molecule has 8 nitrogen and oxygen atoms in total. The zero-order valence-electron chi connectivity index (χ0n) is 16.7. The number of aliphatic imine (C=N–C) groups is 1. The predicted octanol–water partition coefficient (Wildman–Crippen LogP) is 4.32. The third kappa shape index (κ3) is 4.73. The molecule has 31 heavy (non-hydrogen) atoms. The van der Waals surface area contributed by atoms with Gasteiger partial charge in [0.1, 0.15) is 5.02 Å². The number of likely N-dealkylation sites (N-methyl/N-ethyl adjacent to an activating group) is 1. The van der Waals surface area contributed by atoms with Crippen molar-refractivity contribution in [3.63, 3.8) is 0 Å². The summed E-state index contributed by atoms with van der Waals surface area (Å²) in [6.45, 7) is 3.16. The molecule has 0 aromatic heterocycles. The van der Waals surface area contributed by atoms with Crippen molar-refractivity contribution in [2.45, 2.75) is 0 Å². The smallest absolute Gasteiger partial charge is 0.288 e. The number of hydrogen-bond acceptors (Lipinski definition) is 7. The van der Waals surface area contributed by atoms with Crippen LogP contribution in [-0.2, 0) is 9.53 Å². The Labute approximate surface area is 188 Å². The SMILES string of the molecule is CN1C(=O)/C(=C/c2ccc(Cl)c([N+](=O)[O-])c2)SC1=Nc1ccc(N2CCOCC2)cc1. The van der Waals surface area contributed by atoms with Gasteiger partial charge in [0.2, 0.25) is 0 Å². The highest BCUT2D eigenvalue weighted by atomic mass is 35.5. The number of nitrogens with zero attached hydrogens (tertiary/aromatic N) is 4. The maximum atomic E-state index is 12.6. The number of nitro groups is 1. The van der Waals surface area contributed by atoms with Crippen LogP contribution in [0.15, 0.2) is 52.4 Å². The number of morpholine rings is 1. The predicted molar refractivity (Wildman–Crippen MR) is 123 cm³/mol. The molecule has 2 heterocycles. The lowest BCUT2D eigenvalue weighted by Gasteiger charge is -2.28. The molecule has 160 valence electrons. The largest absolute Gasteiger partial charge is 0.378 e. The number of thioether (sulfide) groups is 1. The molecule has 10 heteroatoms. The number of rotatable bonds is 4. The first kappa shape index (κ1) is 21.4. The van der Waals surface area contributed by atoms with E-state index in [-0.39, 0.29) is 16.6 Å². The average molecular weight is 459 g/mol. The first-order valence-electron chi connectivity index (χ1n) is 9.55. The van der Waals surface area contributed by atoms with Crippen LogP contribution in [0, 0.1) is 10.1 Å². The van der Waals surface area contributed by atoms with Crippen molar-refractivity contribution in [1.82, 2.24) is 4.90 Å². The van der Waals surface area contributed by atoms with Gasteiger partial charge in [0.25, 0.3) is 11.6 Å². The van der Waals surface area contributed by atoms with Crippen molar-refractivity contribution in [3.8, 4) is 0 Å². The molecule has 0 unspecified atom stereocenters. The minimum absolute atomic E-state index is 0.0532. The number of halogens is 1. The third-order valence-electron chi connectivity index (χ3n) is 4.92. The molecule has 2 fully saturated rings. The first-order valence-corrected chi connectivity index (χ1v) is 10.7. The number of carbonyl (C=O) groups excluding carboxylic acids is 1. The van der Waals surface area contributed by atoms with E-state index in [1.807, 2.05) is 24.3 Å². The Balaban J connectivity index is 1.54. The molecule has 2 aliphatic rings. The molecule has 0 radical (unpaired) electrons. The molecule has 0 atom stereocenters. The van der Waals surface area contributed by atoms with Crippen molar-refractivity contribution in [1.29, 1.82) is 0 Å². The van der Waals surface area contributed by atoms with Crippen molar-refractivity contribution >= 4 is 57.6 Å². The Hall–Kier alpha value is -2.88. The van der Waals surface area contributed by atoms with Gasteiger partial charge in [-0.2, -0.15) is 0 Å². The Morgan fingerprint density at radius 2 is 1.90 bits per heavy atom. The summed E-state index contributed by atoms with van der Waals surface area (Å²) < 4.78 is 5.38. The molecule has 0 bridgehead atoms. The maximum Gasteiger partial charge on any atom is 0.288 e. The summed E-state index contributed by atoms with van der Waals surface area (Å²) in [5, 5.41) is 11.7. The third-order valence-corrected chi connectivity index (χ3v) is 6.30. The van der Waals surface area contributed by atoms with Crippen LogP contribution in [0.4, 0.5) is 17.1 Å². The molecule has 0 N–H and O–H groups in total. The number of amides is 1. The summed E-state index contributed by atoms with van der Waals surface area (Å²) in [5.74, 6) is -0.216. The molecular formula is C21H19ClN4O4S. The van der Waals surface area contributed by atoms with Gasteiger partial charge in [0.05, 0.1) is 28.7 Å². The van der Waals surface area contributed by atoms with E-state index >= 15 is 0 Å². The number of benzene rings is 2. The molecule has 0 saturated carbocycles. The minimum Gasteiger partial charge on any atom is -0.378 e. The number of nitro benzene ring substituents is 1. The normalized spacial score (nSPS) is 19.5. The van der Waals surface area contributed by atoms with E-state index < -0.39 is 4.92 Å². The quantitative estimate of drug-likeness (QED) is 0.385. The van der Waals surface area contributed by atoms with Crippen LogP contribution in [0.1, 0.15) is 5.56 Å². The van der Waals surface area contributed by atoms with Crippen molar-refractivity contribution in [2.24, 2.45) is 4.99 Å². The number of carbonyl (C=O) groups is 1. The summed E-state index contributed by atoms with van der Waals surface area (Å²) in [4.78, 5) is 31.9. The van der Waals surface area contributed by atoms with E-state index in [4.69, 9.17) is 16.3 Å². The highest BCUT2D eigenvalue weighted by Crippen LogP contribution is 2.34. The van der Waals surface area contributed by atoms with Crippen LogP contribution in [0.25, 0.3) is 6.08 Å². The second kappa shape index (κ2) is 9.09. The van der Waals surface area contributed by atoms with Crippen LogP contribution >= 0.6 is 23.4 Å². The van der Waals surface area contributed by atoms with Gasteiger partial charge in [-0.05, 0) is 53.7 Å². The molecule has 2 aliphatic heterocycles. The minimum atomic E-state index is -0.548. The monoisotopic (exact) mass is 458 g/mol. The molecular weight excluding hydrogens is 440 g/mol. The Morgan fingerprint density at radius 1 is 1.19 bits per heavy atom. The van der Waals surface area contributed by atoms with E-state index in [0.717, 1.165) is 37.7 Å².